The number of aromatic nitrogens is 2. The van der Waals surface area contributed by atoms with Crippen LogP contribution >= 0.6 is 0 Å². The first-order valence-electron chi connectivity index (χ1n) is 6.67. The van der Waals surface area contributed by atoms with Crippen LogP contribution in [0.5, 0.6) is 0 Å². The molecule has 1 atom stereocenters. The Kier molecular flexibility index (Phi) is 4.11. The van der Waals surface area contributed by atoms with E-state index in [0.29, 0.717) is 6.04 Å². The molecule has 0 spiro atoms. The summed E-state index contributed by atoms with van der Waals surface area (Å²) in [6.07, 6.45) is 7.21. The molecule has 1 aromatic heterocycles. The van der Waals surface area contributed by atoms with Gasteiger partial charge in [0.05, 0.1) is 11.7 Å². The van der Waals surface area contributed by atoms with Crippen molar-refractivity contribution in [3.05, 3.63) is 23.8 Å². The van der Waals surface area contributed by atoms with Crippen LogP contribution in [0.4, 0.5) is 0 Å². The first-order valence-corrected chi connectivity index (χ1v) is 6.67. The number of hydrogen-bond acceptors (Lipinski definition) is 3. The number of nitrogens with zero attached hydrogens (tertiary/aromatic N) is 2. The van der Waals surface area contributed by atoms with E-state index >= 15 is 0 Å². The van der Waals surface area contributed by atoms with Gasteiger partial charge in [0.15, 0.2) is 0 Å². The lowest BCUT2D eigenvalue weighted by Gasteiger charge is -2.32. The Hall–Kier alpha value is -0.960. The predicted molar refractivity (Wildman–Crippen MR) is 69.7 cm³/mol. The highest BCUT2D eigenvalue weighted by molar-refractivity contribution is 5.09. The third kappa shape index (κ3) is 3.03. The quantitative estimate of drug-likeness (QED) is 0.872. The van der Waals surface area contributed by atoms with Gasteiger partial charge in [-0.15, -0.1) is 0 Å². The maximum atomic E-state index is 4.56. The van der Waals surface area contributed by atoms with Crippen LogP contribution in [0.2, 0.25) is 0 Å². The molecule has 0 aromatic carbocycles. The SMILES string of the molecule is CNC(c1ccnc(C)n1)C1CCC(C)CC1. The molecule has 2 rings (SSSR count). The van der Waals surface area contributed by atoms with Gasteiger partial charge in [-0.05, 0) is 44.7 Å². The summed E-state index contributed by atoms with van der Waals surface area (Å²) in [5.74, 6) is 2.49. The molecule has 0 saturated heterocycles. The van der Waals surface area contributed by atoms with Crippen molar-refractivity contribution in [1.29, 1.82) is 0 Å². The van der Waals surface area contributed by atoms with Gasteiger partial charge in [-0.3, -0.25) is 0 Å². The lowest BCUT2D eigenvalue weighted by Crippen LogP contribution is -2.29. The summed E-state index contributed by atoms with van der Waals surface area (Å²) in [6, 6.07) is 2.44. The Labute approximate surface area is 104 Å². The van der Waals surface area contributed by atoms with E-state index in [0.717, 1.165) is 23.4 Å². The monoisotopic (exact) mass is 233 g/mol. The Morgan fingerprint density at radius 3 is 2.59 bits per heavy atom. The molecule has 3 nitrogen and oxygen atoms in total. The van der Waals surface area contributed by atoms with Crippen molar-refractivity contribution in [2.45, 2.75) is 45.6 Å². The molecule has 1 heterocycles. The minimum atomic E-state index is 0.393. The van der Waals surface area contributed by atoms with E-state index in [-0.39, 0.29) is 0 Å². The van der Waals surface area contributed by atoms with Crippen molar-refractivity contribution in [3.8, 4) is 0 Å². The summed E-state index contributed by atoms with van der Waals surface area (Å²) in [6.45, 7) is 4.32. The van der Waals surface area contributed by atoms with Crippen LogP contribution in [-0.4, -0.2) is 17.0 Å². The molecule has 1 N–H and O–H groups in total. The zero-order chi connectivity index (χ0) is 12.3. The molecule has 1 aromatic rings. The maximum absolute atomic E-state index is 4.56. The van der Waals surface area contributed by atoms with Gasteiger partial charge in [0.25, 0.3) is 0 Å². The second-order valence-corrected chi connectivity index (χ2v) is 5.32. The summed E-state index contributed by atoms with van der Waals surface area (Å²) in [7, 11) is 2.04. The molecule has 0 amide bonds. The van der Waals surface area contributed by atoms with Crippen molar-refractivity contribution in [1.82, 2.24) is 15.3 Å². The third-order valence-corrected chi connectivity index (χ3v) is 3.96. The van der Waals surface area contributed by atoms with Gasteiger partial charge < -0.3 is 5.32 Å². The van der Waals surface area contributed by atoms with Crippen molar-refractivity contribution in [2.75, 3.05) is 7.05 Å². The fraction of sp³-hybridized carbons (Fsp3) is 0.714. The highest BCUT2D eigenvalue weighted by atomic mass is 15.0. The van der Waals surface area contributed by atoms with E-state index in [4.69, 9.17) is 0 Å². The van der Waals surface area contributed by atoms with E-state index in [2.05, 4.69) is 22.2 Å². The average Bonchev–Trinajstić information content (AvgIpc) is 2.33. The molecule has 17 heavy (non-hydrogen) atoms. The molecule has 0 aliphatic heterocycles. The van der Waals surface area contributed by atoms with Crippen molar-refractivity contribution < 1.29 is 0 Å². The van der Waals surface area contributed by atoms with E-state index in [9.17, 15) is 0 Å². The van der Waals surface area contributed by atoms with Crippen LogP contribution in [0.15, 0.2) is 12.3 Å². The second-order valence-electron chi connectivity index (χ2n) is 5.32. The summed E-state index contributed by atoms with van der Waals surface area (Å²) in [5, 5.41) is 3.44. The second kappa shape index (κ2) is 5.58. The summed E-state index contributed by atoms with van der Waals surface area (Å²) < 4.78 is 0. The minimum Gasteiger partial charge on any atom is -0.311 e. The Morgan fingerprint density at radius 2 is 2.00 bits per heavy atom. The molecule has 1 aliphatic carbocycles. The molecule has 1 fully saturated rings. The van der Waals surface area contributed by atoms with Gasteiger partial charge >= 0.3 is 0 Å². The molecule has 3 heteroatoms. The summed E-state index contributed by atoms with van der Waals surface area (Å²) in [5.41, 5.74) is 1.15. The van der Waals surface area contributed by atoms with Crippen molar-refractivity contribution in [2.24, 2.45) is 11.8 Å². The zero-order valence-corrected chi connectivity index (χ0v) is 11.1. The first kappa shape index (κ1) is 12.5. The number of hydrogen-bond donors (Lipinski definition) is 1. The molecule has 0 bridgehead atoms. The van der Waals surface area contributed by atoms with Crippen molar-refractivity contribution >= 4 is 0 Å². The van der Waals surface area contributed by atoms with Crippen LogP contribution in [0.1, 0.15) is 50.2 Å². The molecule has 1 saturated carbocycles. The van der Waals surface area contributed by atoms with Gasteiger partial charge in [-0.2, -0.15) is 0 Å². The fourth-order valence-corrected chi connectivity index (χ4v) is 2.89. The van der Waals surface area contributed by atoms with Crippen LogP contribution in [-0.2, 0) is 0 Å². The number of rotatable bonds is 3. The Morgan fingerprint density at radius 1 is 1.29 bits per heavy atom. The molecule has 1 aliphatic rings. The molecule has 1 unspecified atom stereocenters. The zero-order valence-electron chi connectivity index (χ0n) is 11.1. The average molecular weight is 233 g/mol. The molecule has 94 valence electrons. The van der Waals surface area contributed by atoms with Gasteiger partial charge in [0, 0.05) is 6.20 Å². The van der Waals surface area contributed by atoms with Crippen LogP contribution in [0.25, 0.3) is 0 Å². The van der Waals surface area contributed by atoms with E-state index in [1.165, 1.54) is 25.7 Å². The summed E-state index contributed by atoms with van der Waals surface area (Å²) >= 11 is 0. The Bertz CT molecular complexity index is 356. The van der Waals surface area contributed by atoms with Crippen molar-refractivity contribution in [3.63, 3.8) is 0 Å². The molecule has 0 radical (unpaired) electrons. The largest absolute Gasteiger partial charge is 0.311 e. The number of aryl methyl sites for hydroxylation is 1. The smallest absolute Gasteiger partial charge is 0.125 e. The lowest BCUT2D eigenvalue weighted by atomic mass is 9.78. The van der Waals surface area contributed by atoms with E-state index in [1.807, 2.05) is 26.2 Å². The Balaban J connectivity index is 2.10. The highest BCUT2D eigenvalue weighted by Gasteiger charge is 2.27. The first-order chi connectivity index (χ1) is 8.20. The normalized spacial score (nSPS) is 26.8. The molecular formula is C14H23N3. The maximum Gasteiger partial charge on any atom is 0.125 e. The predicted octanol–water partition coefficient (Wildman–Crippen LogP) is 2.87. The fourth-order valence-electron chi connectivity index (χ4n) is 2.89. The lowest BCUT2D eigenvalue weighted by molar-refractivity contribution is 0.235. The highest BCUT2D eigenvalue weighted by Crippen LogP contribution is 2.35. The molecular weight excluding hydrogens is 210 g/mol. The minimum absolute atomic E-state index is 0.393. The van der Waals surface area contributed by atoms with Crippen LogP contribution in [0, 0.1) is 18.8 Å². The van der Waals surface area contributed by atoms with Crippen LogP contribution < -0.4 is 5.32 Å². The van der Waals surface area contributed by atoms with Gasteiger partial charge in [0.2, 0.25) is 0 Å². The van der Waals surface area contributed by atoms with Crippen LogP contribution in [0.3, 0.4) is 0 Å². The van der Waals surface area contributed by atoms with E-state index in [1.54, 1.807) is 0 Å². The van der Waals surface area contributed by atoms with E-state index < -0.39 is 0 Å². The van der Waals surface area contributed by atoms with Gasteiger partial charge in [-0.1, -0.05) is 19.8 Å². The van der Waals surface area contributed by atoms with Gasteiger partial charge in [-0.25, -0.2) is 9.97 Å². The standard InChI is InChI=1S/C14H23N3/c1-10-4-6-12(7-5-10)14(15-3)13-8-9-16-11(2)17-13/h8-10,12,14-15H,4-7H2,1-3H3. The van der Waals surface area contributed by atoms with Gasteiger partial charge in [0.1, 0.15) is 5.82 Å². The topological polar surface area (TPSA) is 37.8 Å². The number of nitrogens with one attached hydrogen (secondary N) is 1. The third-order valence-electron chi connectivity index (χ3n) is 3.96. The summed E-state index contributed by atoms with van der Waals surface area (Å²) in [4.78, 5) is 8.74.